The van der Waals surface area contributed by atoms with Gasteiger partial charge in [-0.3, -0.25) is 4.79 Å². The van der Waals surface area contributed by atoms with Gasteiger partial charge < -0.3 is 10.1 Å². The highest BCUT2D eigenvalue weighted by atomic mass is 35.5. The second-order valence-corrected chi connectivity index (χ2v) is 6.15. The van der Waals surface area contributed by atoms with Gasteiger partial charge in [0.05, 0.1) is 11.5 Å². The molecule has 0 aliphatic carbocycles. The van der Waals surface area contributed by atoms with Crippen molar-refractivity contribution in [1.29, 1.82) is 0 Å². The van der Waals surface area contributed by atoms with E-state index in [9.17, 15) is 13.2 Å². The Morgan fingerprint density at radius 2 is 1.90 bits per heavy atom. The topological polar surface area (TPSA) is 84.5 Å². The molecule has 0 atom stereocenters. The summed E-state index contributed by atoms with van der Waals surface area (Å²) in [6.45, 7) is 0.852. The minimum atomic E-state index is -3.61. The van der Waals surface area contributed by atoms with Crippen molar-refractivity contribution in [3.05, 3.63) is 29.3 Å². The molecule has 6 nitrogen and oxygen atoms in total. The predicted octanol–water partition coefficient (Wildman–Crippen LogP) is 0.771. The number of rotatable bonds is 8. The van der Waals surface area contributed by atoms with Crippen molar-refractivity contribution in [2.75, 3.05) is 26.8 Å². The van der Waals surface area contributed by atoms with E-state index in [0.717, 1.165) is 0 Å². The second kappa shape index (κ2) is 8.21. The van der Waals surface area contributed by atoms with Gasteiger partial charge in [-0.2, -0.15) is 0 Å². The summed E-state index contributed by atoms with van der Waals surface area (Å²) in [5.74, 6) is -0.235. The molecule has 0 unspecified atom stereocenters. The lowest BCUT2D eigenvalue weighted by molar-refractivity contribution is -0.121. The lowest BCUT2D eigenvalue weighted by Crippen LogP contribution is -2.32. The van der Waals surface area contributed by atoms with Crippen molar-refractivity contribution in [2.24, 2.45) is 0 Å². The molecule has 0 heterocycles. The van der Waals surface area contributed by atoms with Crippen LogP contribution in [0.2, 0.25) is 5.02 Å². The maximum Gasteiger partial charge on any atom is 0.240 e. The normalized spacial score (nSPS) is 11.3. The second-order valence-electron chi connectivity index (χ2n) is 3.94. The van der Waals surface area contributed by atoms with Gasteiger partial charge in [0, 0.05) is 31.6 Å². The zero-order valence-electron chi connectivity index (χ0n) is 11.1. The number of nitrogens with one attached hydrogen (secondary N) is 2. The van der Waals surface area contributed by atoms with Crippen LogP contribution in [0.3, 0.4) is 0 Å². The Morgan fingerprint density at radius 3 is 2.50 bits per heavy atom. The van der Waals surface area contributed by atoms with Crippen molar-refractivity contribution in [3.8, 4) is 0 Å². The Morgan fingerprint density at radius 1 is 1.25 bits per heavy atom. The van der Waals surface area contributed by atoms with Crippen LogP contribution in [0.4, 0.5) is 0 Å². The highest BCUT2D eigenvalue weighted by Crippen LogP contribution is 2.13. The molecule has 0 aromatic heterocycles. The van der Waals surface area contributed by atoms with Crippen molar-refractivity contribution >= 4 is 27.5 Å². The number of ether oxygens (including phenoxy) is 1. The fourth-order valence-corrected chi connectivity index (χ4v) is 2.53. The first-order chi connectivity index (χ1) is 9.45. The van der Waals surface area contributed by atoms with Crippen LogP contribution in [0, 0.1) is 0 Å². The molecule has 0 aliphatic rings. The van der Waals surface area contributed by atoms with Crippen LogP contribution < -0.4 is 10.0 Å². The van der Waals surface area contributed by atoms with Crippen LogP contribution >= 0.6 is 11.6 Å². The molecule has 0 aliphatic heterocycles. The van der Waals surface area contributed by atoms with E-state index < -0.39 is 10.0 Å². The first-order valence-electron chi connectivity index (χ1n) is 5.96. The van der Waals surface area contributed by atoms with Gasteiger partial charge in [0.1, 0.15) is 0 Å². The SMILES string of the molecule is COCCNC(=O)CCNS(=O)(=O)c1ccc(Cl)cc1. The summed E-state index contributed by atoms with van der Waals surface area (Å²) < 4.78 is 30.9. The summed E-state index contributed by atoms with van der Waals surface area (Å²) in [4.78, 5) is 11.5. The first kappa shape index (κ1) is 16.9. The molecule has 2 N–H and O–H groups in total. The zero-order chi connectivity index (χ0) is 15.0. The van der Waals surface area contributed by atoms with E-state index in [1.54, 1.807) is 0 Å². The standard InChI is InChI=1S/C12H17ClN2O4S/c1-19-9-8-14-12(16)6-7-15-20(17,18)11-4-2-10(13)3-5-11/h2-5,15H,6-9H2,1H3,(H,14,16). The summed E-state index contributed by atoms with van der Waals surface area (Å²) >= 11 is 5.69. The Hall–Kier alpha value is -1.15. The van der Waals surface area contributed by atoms with E-state index in [1.807, 2.05) is 0 Å². The Labute approximate surface area is 123 Å². The van der Waals surface area contributed by atoms with Crippen LogP contribution in [0.5, 0.6) is 0 Å². The first-order valence-corrected chi connectivity index (χ1v) is 7.82. The number of methoxy groups -OCH3 is 1. The molecule has 0 saturated heterocycles. The Bertz CT molecular complexity index is 531. The monoisotopic (exact) mass is 320 g/mol. The molecule has 1 aromatic rings. The van der Waals surface area contributed by atoms with E-state index in [4.69, 9.17) is 16.3 Å². The van der Waals surface area contributed by atoms with E-state index in [-0.39, 0.29) is 23.8 Å². The van der Waals surface area contributed by atoms with Crippen LogP contribution in [0.1, 0.15) is 6.42 Å². The summed E-state index contributed by atoms with van der Waals surface area (Å²) in [7, 11) is -2.08. The number of carbonyl (C=O) groups is 1. The summed E-state index contributed by atoms with van der Waals surface area (Å²) in [6.07, 6.45) is 0.0660. The van der Waals surface area contributed by atoms with Crippen molar-refractivity contribution in [1.82, 2.24) is 10.0 Å². The third-order valence-electron chi connectivity index (χ3n) is 2.40. The van der Waals surface area contributed by atoms with Gasteiger partial charge in [0.2, 0.25) is 15.9 Å². The van der Waals surface area contributed by atoms with Crippen LogP contribution in [-0.4, -0.2) is 41.1 Å². The van der Waals surface area contributed by atoms with Crippen molar-refractivity contribution < 1.29 is 17.9 Å². The predicted molar refractivity (Wildman–Crippen MR) is 76.1 cm³/mol. The summed E-state index contributed by atoms with van der Waals surface area (Å²) in [6, 6.07) is 5.80. The molecule has 0 radical (unpaired) electrons. The smallest absolute Gasteiger partial charge is 0.240 e. The van der Waals surface area contributed by atoms with E-state index in [2.05, 4.69) is 10.0 Å². The fraction of sp³-hybridized carbons (Fsp3) is 0.417. The molecule has 0 bridgehead atoms. The average molecular weight is 321 g/mol. The highest BCUT2D eigenvalue weighted by molar-refractivity contribution is 7.89. The van der Waals surface area contributed by atoms with Gasteiger partial charge in [0.15, 0.2) is 0 Å². The quantitative estimate of drug-likeness (QED) is 0.693. The lowest BCUT2D eigenvalue weighted by Gasteiger charge is -2.07. The van der Waals surface area contributed by atoms with Crippen LogP contribution in [0.25, 0.3) is 0 Å². The average Bonchev–Trinajstić information content (AvgIpc) is 2.39. The van der Waals surface area contributed by atoms with Gasteiger partial charge in [0.25, 0.3) is 0 Å². The van der Waals surface area contributed by atoms with Gasteiger partial charge in [-0.1, -0.05) is 11.6 Å². The van der Waals surface area contributed by atoms with E-state index >= 15 is 0 Å². The zero-order valence-corrected chi connectivity index (χ0v) is 12.6. The maximum atomic E-state index is 11.9. The van der Waals surface area contributed by atoms with Gasteiger partial charge in [-0.15, -0.1) is 0 Å². The molecule has 1 amide bonds. The lowest BCUT2D eigenvalue weighted by atomic mass is 10.4. The molecule has 1 rings (SSSR count). The minimum Gasteiger partial charge on any atom is -0.383 e. The number of benzene rings is 1. The third kappa shape index (κ3) is 5.87. The number of hydrogen-bond acceptors (Lipinski definition) is 4. The summed E-state index contributed by atoms with van der Waals surface area (Å²) in [5, 5.41) is 3.06. The molecule has 112 valence electrons. The number of amides is 1. The van der Waals surface area contributed by atoms with Crippen molar-refractivity contribution in [3.63, 3.8) is 0 Å². The summed E-state index contributed by atoms with van der Waals surface area (Å²) in [5.41, 5.74) is 0. The fourth-order valence-electron chi connectivity index (χ4n) is 1.38. The molecule has 0 saturated carbocycles. The molecule has 0 fully saturated rings. The van der Waals surface area contributed by atoms with E-state index in [1.165, 1.54) is 31.4 Å². The molecule has 0 spiro atoms. The molecule has 1 aromatic carbocycles. The van der Waals surface area contributed by atoms with Crippen LogP contribution in [-0.2, 0) is 19.6 Å². The highest BCUT2D eigenvalue weighted by Gasteiger charge is 2.13. The van der Waals surface area contributed by atoms with Crippen molar-refractivity contribution in [2.45, 2.75) is 11.3 Å². The largest absolute Gasteiger partial charge is 0.383 e. The van der Waals surface area contributed by atoms with Gasteiger partial charge in [-0.25, -0.2) is 13.1 Å². The Kier molecular flexibility index (Phi) is 6.94. The molecular formula is C12H17ClN2O4S. The number of carbonyl (C=O) groups excluding carboxylic acids is 1. The Balaban J connectivity index is 2.40. The molecule has 20 heavy (non-hydrogen) atoms. The maximum absolute atomic E-state index is 11.9. The molecular weight excluding hydrogens is 304 g/mol. The number of sulfonamides is 1. The van der Waals surface area contributed by atoms with Crippen LogP contribution in [0.15, 0.2) is 29.2 Å². The number of halogens is 1. The molecule has 8 heteroatoms. The van der Waals surface area contributed by atoms with Gasteiger partial charge in [-0.05, 0) is 24.3 Å². The third-order valence-corrected chi connectivity index (χ3v) is 4.13. The van der Waals surface area contributed by atoms with E-state index in [0.29, 0.717) is 18.2 Å². The van der Waals surface area contributed by atoms with Gasteiger partial charge >= 0.3 is 0 Å². The number of hydrogen-bond donors (Lipinski definition) is 2. The minimum absolute atomic E-state index is 0.0315.